The molecule has 2 aliphatic heterocycles. The van der Waals surface area contributed by atoms with Crippen LogP contribution in [0.3, 0.4) is 0 Å². The summed E-state index contributed by atoms with van der Waals surface area (Å²) < 4.78 is 10.7. The summed E-state index contributed by atoms with van der Waals surface area (Å²) in [6.45, 7) is 2.82. The van der Waals surface area contributed by atoms with Crippen LogP contribution in [-0.2, 0) is 4.79 Å². The van der Waals surface area contributed by atoms with Crippen LogP contribution < -0.4 is 25.6 Å². The SMILES string of the molecule is CC(NC(=O)C1CNNC1c1ccccc1)c1ccc2c(c1)OCO2. The van der Waals surface area contributed by atoms with E-state index in [2.05, 4.69) is 16.2 Å². The van der Waals surface area contributed by atoms with Crippen LogP contribution in [0.1, 0.15) is 30.1 Å². The molecule has 0 spiro atoms. The minimum Gasteiger partial charge on any atom is -0.454 e. The highest BCUT2D eigenvalue weighted by Crippen LogP contribution is 2.34. The topological polar surface area (TPSA) is 71.6 Å². The van der Waals surface area contributed by atoms with Crippen molar-refractivity contribution in [1.82, 2.24) is 16.2 Å². The van der Waals surface area contributed by atoms with Crippen LogP contribution in [0.25, 0.3) is 0 Å². The molecular formula is C19H21N3O3. The van der Waals surface area contributed by atoms with E-state index in [0.717, 1.165) is 22.6 Å². The van der Waals surface area contributed by atoms with Gasteiger partial charge in [0.15, 0.2) is 11.5 Å². The molecule has 2 aromatic carbocycles. The number of nitrogens with one attached hydrogen (secondary N) is 3. The quantitative estimate of drug-likeness (QED) is 0.795. The molecule has 25 heavy (non-hydrogen) atoms. The molecule has 3 atom stereocenters. The lowest BCUT2D eigenvalue weighted by Crippen LogP contribution is -2.36. The predicted molar refractivity (Wildman–Crippen MR) is 92.9 cm³/mol. The molecule has 0 saturated carbocycles. The first-order valence-electron chi connectivity index (χ1n) is 8.45. The summed E-state index contributed by atoms with van der Waals surface area (Å²) in [7, 11) is 0. The Kier molecular flexibility index (Phi) is 4.29. The molecule has 0 aliphatic carbocycles. The summed E-state index contributed by atoms with van der Waals surface area (Å²) in [4.78, 5) is 12.8. The number of fused-ring (bicyclic) bond motifs is 1. The Hall–Kier alpha value is -2.57. The van der Waals surface area contributed by atoms with Gasteiger partial charge in [-0.15, -0.1) is 0 Å². The molecule has 3 N–H and O–H groups in total. The molecule has 3 unspecified atom stereocenters. The number of hydrogen-bond acceptors (Lipinski definition) is 5. The number of amides is 1. The Bertz CT molecular complexity index is 766. The van der Waals surface area contributed by atoms with Crippen molar-refractivity contribution in [3.63, 3.8) is 0 Å². The Morgan fingerprint density at radius 2 is 1.96 bits per heavy atom. The van der Waals surface area contributed by atoms with Gasteiger partial charge in [-0.25, -0.2) is 5.43 Å². The van der Waals surface area contributed by atoms with E-state index in [4.69, 9.17) is 9.47 Å². The third-order valence-electron chi connectivity index (χ3n) is 4.73. The molecule has 1 saturated heterocycles. The van der Waals surface area contributed by atoms with Gasteiger partial charge in [0.2, 0.25) is 12.7 Å². The summed E-state index contributed by atoms with van der Waals surface area (Å²) in [5.74, 6) is 1.33. The summed E-state index contributed by atoms with van der Waals surface area (Å²) in [6, 6.07) is 15.6. The van der Waals surface area contributed by atoms with Gasteiger partial charge in [-0.1, -0.05) is 36.4 Å². The van der Waals surface area contributed by atoms with Crippen molar-refractivity contribution in [2.24, 2.45) is 5.92 Å². The number of ether oxygens (including phenoxy) is 2. The minimum atomic E-state index is -0.168. The number of carbonyl (C=O) groups is 1. The zero-order chi connectivity index (χ0) is 17.2. The molecule has 4 rings (SSSR count). The molecule has 0 bridgehead atoms. The Labute approximate surface area is 146 Å². The number of hydrogen-bond donors (Lipinski definition) is 3. The van der Waals surface area contributed by atoms with E-state index in [9.17, 15) is 4.79 Å². The number of rotatable bonds is 4. The molecule has 1 fully saturated rings. The van der Waals surface area contributed by atoms with Gasteiger partial charge in [0.1, 0.15) is 0 Å². The molecule has 2 aliphatic rings. The molecule has 0 radical (unpaired) electrons. The van der Waals surface area contributed by atoms with Crippen molar-refractivity contribution < 1.29 is 14.3 Å². The van der Waals surface area contributed by atoms with E-state index < -0.39 is 0 Å². The normalized spacial score (nSPS) is 22.6. The number of hydrazine groups is 1. The highest BCUT2D eigenvalue weighted by molar-refractivity contribution is 5.80. The maximum absolute atomic E-state index is 12.8. The fraction of sp³-hybridized carbons (Fsp3) is 0.316. The van der Waals surface area contributed by atoms with Crippen LogP contribution in [0.4, 0.5) is 0 Å². The monoisotopic (exact) mass is 339 g/mol. The second kappa shape index (κ2) is 6.74. The second-order valence-electron chi connectivity index (χ2n) is 6.36. The molecule has 2 aromatic rings. The molecule has 0 aromatic heterocycles. The first-order chi connectivity index (χ1) is 12.2. The van der Waals surface area contributed by atoms with Crippen molar-refractivity contribution >= 4 is 5.91 Å². The van der Waals surface area contributed by atoms with E-state index in [1.165, 1.54) is 0 Å². The van der Waals surface area contributed by atoms with Gasteiger partial charge in [-0.05, 0) is 30.2 Å². The Morgan fingerprint density at radius 1 is 1.16 bits per heavy atom. The summed E-state index contributed by atoms with van der Waals surface area (Å²) in [5.41, 5.74) is 8.40. The fourth-order valence-corrected chi connectivity index (χ4v) is 3.30. The highest BCUT2D eigenvalue weighted by Gasteiger charge is 2.34. The number of carbonyl (C=O) groups excluding carboxylic acids is 1. The molecular weight excluding hydrogens is 318 g/mol. The maximum Gasteiger partial charge on any atom is 0.231 e. The minimum absolute atomic E-state index is 0.0246. The third-order valence-corrected chi connectivity index (χ3v) is 4.73. The lowest BCUT2D eigenvalue weighted by molar-refractivity contribution is -0.125. The fourth-order valence-electron chi connectivity index (χ4n) is 3.30. The molecule has 6 heteroatoms. The highest BCUT2D eigenvalue weighted by atomic mass is 16.7. The maximum atomic E-state index is 12.8. The average Bonchev–Trinajstić information content (AvgIpc) is 3.31. The molecule has 1 amide bonds. The van der Waals surface area contributed by atoms with Crippen LogP contribution >= 0.6 is 0 Å². The van der Waals surface area contributed by atoms with Crippen molar-refractivity contribution in [3.8, 4) is 11.5 Å². The second-order valence-corrected chi connectivity index (χ2v) is 6.36. The summed E-state index contributed by atoms with van der Waals surface area (Å²) in [6.07, 6.45) is 0. The first-order valence-corrected chi connectivity index (χ1v) is 8.45. The van der Waals surface area contributed by atoms with E-state index in [-0.39, 0.29) is 30.7 Å². The zero-order valence-electron chi connectivity index (χ0n) is 14.0. The first kappa shape index (κ1) is 15.9. The van der Waals surface area contributed by atoms with Crippen molar-refractivity contribution in [1.29, 1.82) is 0 Å². The van der Waals surface area contributed by atoms with Gasteiger partial charge in [-0.3, -0.25) is 10.2 Å². The van der Waals surface area contributed by atoms with Crippen LogP contribution in [0.15, 0.2) is 48.5 Å². The van der Waals surface area contributed by atoms with Crippen LogP contribution in [-0.4, -0.2) is 19.2 Å². The van der Waals surface area contributed by atoms with Crippen molar-refractivity contribution in [2.75, 3.05) is 13.3 Å². The van der Waals surface area contributed by atoms with Gasteiger partial charge in [0.25, 0.3) is 0 Å². The smallest absolute Gasteiger partial charge is 0.231 e. The molecule has 6 nitrogen and oxygen atoms in total. The van der Waals surface area contributed by atoms with Gasteiger partial charge < -0.3 is 14.8 Å². The number of benzene rings is 2. The van der Waals surface area contributed by atoms with E-state index in [1.54, 1.807) is 0 Å². The lowest BCUT2D eigenvalue weighted by atomic mass is 9.93. The largest absolute Gasteiger partial charge is 0.454 e. The van der Waals surface area contributed by atoms with Crippen LogP contribution in [0.2, 0.25) is 0 Å². The van der Waals surface area contributed by atoms with Crippen molar-refractivity contribution in [2.45, 2.75) is 19.0 Å². The third kappa shape index (κ3) is 3.18. The zero-order valence-corrected chi connectivity index (χ0v) is 14.0. The van der Waals surface area contributed by atoms with Crippen LogP contribution in [0, 0.1) is 5.92 Å². The lowest BCUT2D eigenvalue weighted by Gasteiger charge is -2.21. The van der Waals surface area contributed by atoms with Gasteiger partial charge in [0, 0.05) is 6.54 Å². The van der Waals surface area contributed by atoms with E-state index in [0.29, 0.717) is 6.54 Å². The van der Waals surface area contributed by atoms with Gasteiger partial charge >= 0.3 is 0 Å². The van der Waals surface area contributed by atoms with Crippen LogP contribution in [0.5, 0.6) is 11.5 Å². The predicted octanol–water partition coefficient (Wildman–Crippen LogP) is 2.06. The van der Waals surface area contributed by atoms with Gasteiger partial charge in [-0.2, -0.15) is 0 Å². The molecule has 2 heterocycles. The van der Waals surface area contributed by atoms with Crippen molar-refractivity contribution in [3.05, 3.63) is 59.7 Å². The standard InChI is InChI=1S/C19H21N3O3/c1-12(14-7-8-16-17(9-14)25-11-24-16)21-19(23)15-10-20-22-18(15)13-5-3-2-4-6-13/h2-9,12,15,18,20,22H,10-11H2,1H3,(H,21,23). The Balaban J connectivity index is 1.46. The van der Waals surface area contributed by atoms with E-state index >= 15 is 0 Å². The van der Waals surface area contributed by atoms with E-state index in [1.807, 2.05) is 55.5 Å². The summed E-state index contributed by atoms with van der Waals surface area (Å²) in [5, 5.41) is 3.11. The van der Waals surface area contributed by atoms with Gasteiger partial charge in [0.05, 0.1) is 18.0 Å². The summed E-state index contributed by atoms with van der Waals surface area (Å²) >= 11 is 0. The average molecular weight is 339 g/mol. The Morgan fingerprint density at radius 3 is 2.80 bits per heavy atom. The molecule has 130 valence electrons.